The number of rotatable bonds is 5. The van der Waals surface area contributed by atoms with Crippen molar-refractivity contribution in [2.45, 2.75) is 38.9 Å². The van der Waals surface area contributed by atoms with E-state index in [0.717, 1.165) is 31.0 Å². The molecule has 2 unspecified atom stereocenters. The van der Waals surface area contributed by atoms with E-state index in [-0.39, 0.29) is 11.5 Å². The standard InChI is InChI=1S/C14H19F4N/c1-4-5-9(2)13(19-3)11-8-10(14(16,17)18)6-7-12(11)15/h6-9,13,19H,4-5H2,1-3H3. The fourth-order valence-corrected chi connectivity index (χ4v) is 2.33. The molecule has 0 saturated carbocycles. The molecule has 0 radical (unpaired) electrons. The van der Waals surface area contributed by atoms with E-state index in [4.69, 9.17) is 0 Å². The molecule has 2 atom stereocenters. The molecule has 0 saturated heterocycles. The summed E-state index contributed by atoms with van der Waals surface area (Å²) in [7, 11) is 1.64. The molecule has 0 fully saturated rings. The van der Waals surface area contributed by atoms with E-state index >= 15 is 0 Å². The van der Waals surface area contributed by atoms with Gasteiger partial charge in [0, 0.05) is 11.6 Å². The summed E-state index contributed by atoms with van der Waals surface area (Å²) in [5, 5.41) is 2.92. The maximum atomic E-state index is 13.8. The summed E-state index contributed by atoms with van der Waals surface area (Å²) in [6.45, 7) is 3.90. The fraction of sp³-hybridized carbons (Fsp3) is 0.571. The molecule has 0 amide bonds. The Kier molecular flexibility index (Phi) is 5.35. The third kappa shape index (κ3) is 3.93. The molecule has 108 valence electrons. The Morgan fingerprint density at radius 1 is 1.26 bits per heavy atom. The van der Waals surface area contributed by atoms with Crippen LogP contribution in [0.2, 0.25) is 0 Å². The largest absolute Gasteiger partial charge is 0.416 e. The monoisotopic (exact) mass is 277 g/mol. The highest BCUT2D eigenvalue weighted by molar-refractivity contribution is 5.30. The SMILES string of the molecule is CCCC(C)C(NC)c1cc(C(F)(F)F)ccc1F. The van der Waals surface area contributed by atoms with Gasteiger partial charge in [-0.2, -0.15) is 13.2 Å². The van der Waals surface area contributed by atoms with Gasteiger partial charge in [0.25, 0.3) is 0 Å². The molecule has 0 heterocycles. The molecule has 1 aromatic rings. The minimum atomic E-state index is -4.45. The lowest BCUT2D eigenvalue weighted by Gasteiger charge is -2.25. The van der Waals surface area contributed by atoms with Crippen molar-refractivity contribution in [1.29, 1.82) is 0 Å². The minimum Gasteiger partial charge on any atom is -0.313 e. The lowest BCUT2D eigenvalue weighted by Crippen LogP contribution is -2.25. The summed E-state index contributed by atoms with van der Waals surface area (Å²) >= 11 is 0. The maximum absolute atomic E-state index is 13.8. The van der Waals surface area contributed by atoms with E-state index in [2.05, 4.69) is 5.32 Å². The van der Waals surface area contributed by atoms with E-state index < -0.39 is 23.6 Å². The van der Waals surface area contributed by atoms with Crippen LogP contribution in [-0.2, 0) is 6.18 Å². The van der Waals surface area contributed by atoms with Crippen molar-refractivity contribution in [3.05, 3.63) is 35.1 Å². The van der Waals surface area contributed by atoms with Gasteiger partial charge >= 0.3 is 6.18 Å². The molecule has 0 bridgehead atoms. The summed E-state index contributed by atoms with van der Waals surface area (Å²) in [5.74, 6) is -0.539. The number of halogens is 4. The molecule has 1 N–H and O–H groups in total. The first-order valence-corrected chi connectivity index (χ1v) is 6.35. The highest BCUT2D eigenvalue weighted by Crippen LogP contribution is 2.34. The normalized spacial score (nSPS) is 15.3. The van der Waals surface area contributed by atoms with Crippen LogP contribution in [0.4, 0.5) is 17.6 Å². The first-order valence-electron chi connectivity index (χ1n) is 6.35. The van der Waals surface area contributed by atoms with Crippen molar-refractivity contribution in [3.8, 4) is 0 Å². The van der Waals surface area contributed by atoms with Crippen LogP contribution >= 0.6 is 0 Å². The van der Waals surface area contributed by atoms with Gasteiger partial charge in [0.15, 0.2) is 0 Å². The lowest BCUT2D eigenvalue weighted by atomic mass is 9.90. The minimum absolute atomic E-state index is 0.0629. The number of benzene rings is 1. The van der Waals surface area contributed by atoms with Crippen LogP contribution < -0.4 is 5.32 Å². The summed E-state index contributed by atoms with van der Waals surface area (Å²) in [5.41, 5.74) is -0.730. The zero-order valence-corrected chi connectivity index (χ0v) is 11.3. The van der Waals surface area contributed by atoms with Crippen LogP contribution in [0.1, 0.15) is 43.9 Å². The van der Waals surface area contributed by atoms with Crippen molar-refractivity contribution in [2.24, 2.45) is 5.92 Å². The lowest BCUT2D eigenvalue weighted by molar-refractivity contribution is -0.137. The zero-order chi connectivity index (χ0) is 14.6. The summed E-state index contributed by atoms with van der Waals surface area (Å²) in [6.07, 6.45) is -2.73. The first-order chi connectivity index (χ1) is 8.81. The number of nitrogens with one attached hydrogen (secondary N) is 1. The molecule has 1 aromatic carbocycles. The third-order valence-electron chi connectivity index (χ3n) is 3.28. The molecule has 1 rings (SSSR count). The van der Waals surface area contributed by atoms with Crippen LogP contribution in [0.15, 0.2) is 18.2 Å². The van der Waals surface area contributed by atoms with Crippen LogP contribution in [0.25, 0.3) is 0 Å². The van der Waals surface area contributed by atoms with Gasteiger partial charge < -0.3 is 5.32 Å². The van der Waals surface area contributed by atoms with Crippen LogP contribution in [0.3, 0.4) is 0 Å². The number of alkyl halides is 3. The number of hydrogen-bond acceptors (Lipinski definition) is 1. The average molecular weight is 277 g/mol. The van der Waals surface area contributed by atoms with Gasteiger partial charge in [-0.05, 0) is 37.6 Å². The number of hydrogen-bond donors (Lipinski definition) is 1. The van der Waals surface area contributed by atoms with Crippen LogP contribution in [-0.4, -0.2) is 7.05 Å². The average Bonchev–Trinajstić information content (AvgIpc) is 2.31. The second-order valence-electron chi connectivity index (χ2n) is 4.77. The smallest absolute Gasteiger partial charge is 0.313 e. The predicted octanol–water partition coefficient (Wildman–Crippen LogP) is 4.54. The van der Waals surface area contributed by atoms with Crippen molar-refractivity contribution in [1.82, 2.24) is 5.32 Å². The van der Waals surface area contributed by atoms with Gasteiger partial charge in [-0.15, -0.1) is 0 Å². The Hall–Kier alpha value is -1.10. The molecular formula is C14H19F4N. The van der Waals surface area contributed by atoms with Gasteiger partial charge in [-0.1, -0.05) is 20.3 Å². The van der Waals surface area contributed by atoms with Gasteiger partial charge in [0.05, 0.1) is 5.56 Å². The van der Waals surface area contributed by atoms with E-state index in [1.807, 2.05) is 13.8 Å². The Morgan fingerprint density at radius 3 is 2.37 bits per heavy atom. The molecule has 0 aliphatic carbocycles. The second-order valence-corrected chi connectivity index (χ2v) is 4.77. The predicted molar refractivity (Wildman–Crippen MR) is 67.3 cm³/mol. The van der Waals surface area contributed by atoms with E-state index in [1.54, 1.807) is 7.05 Å². The van der Waals surface area contributed by atoms with Gasteiger partial charge in [-0.3, -0.25) is 0 Å². The Balaban J connectivity index is 3.16. The van der Waals surface area contributed by atoms with Crippen LogP contribution in [0, 0.1) is 11.7 Å². The van der Waals surface area contributed by atoms with Crippen LogP contribution in [0.5, 0.6) is 0 Å². The van der Waals surface area contributed by atoms with Gasteiger partial charge in [0.2, 0.25) is 0 Å². The topological polar surface area (TPSA) is 12.0 Å². The Morgan fingerprint density at radius 2 is 1.89 bits per heavy atom. The fourth-order valence-electron chi connectivity index (χ4n) is 2.33. The Bertz CT molecular complexity index is 414. The van der Waals surface area contributed by atoms with E-state index in [0.29, 0.717) is 0 Å². The zero-order valence-electron chi connectivity index (χ0n) is 11.3. The van der Waals surface area contributed by atoms with Crippen molar-refractivity contribution in [3.63, 3.8) is 0 Å². The Labute approximate surface area is 111 Å². The molecule has 5 heteroatoms. The van der Waals surface area contributed by atoms with Crippen molar-refractivity contribution in [2.75, 3.05) is 7.05 Å². The third-order valence-corrected chi connectivity index (χ3v) is 3.28. The molecule has 1 nitrogen and oxygen atoms in total. The van der Waals surface area contributed by atoms with Crippen molar-refractivity contribution >= 4 is 0 Å². The van der Waals surface area contributed by atoms with E-state index in [1.165, 1.54) is 0 Å². The van der Waals surface area contributed by atoms with Gasteiger partial charge in [-0.25, -0.2) is 4.39 Å². The maximum Gasteiger partial charge on any atom is 0.416 e. The van der Waals surface area contributed by atoms with E-state index in [9.17, 15) is 17.6 Å². The summed E-state index contributed by atoms with van der Waals surface area (Å²) in [4.78, 5) is 0. The molecule has 0 aliphatic rings. The molecule has 0 aromatic heterocycles. The summed E-state index contributed by atoms with van der Waals surface area (Å²) < 4.78 is 51.8. The highest BCUT2D eigenvalue weighted by atomic mass is 19.4. The molecule has 19 heavy (non-hydrogen) atoms. The second kappa shape index (κ2) is 6.37. The van der Waals surface area contributed by atoms with Crippen molar-refractivity contribution < 1.29 is 17.6 Å². The van der Waals surface area contributed by atoms with Gasteiger partial charge in [0.1, 0.15) is 5.82 Å². The summed E-state index contributed by atoms with van der Waals surface area (Å²) in [6, 6.07) is 2.15. The molecular weight excluding hydrogens is 258 g/mol. The molecule has 0 spiro atoms. The quantitative estimate of drug-likeness (QED) is 0.779. The highest BCUT2D eigenvalue weighted by Gasteiger charge is 2.32. The first kappa shape index (κ1) is 16.0. The molecule has 0 aliphatic heterocycles.